The zero-order valence-corrected chi connectivity index (χ0v) is 11.7. The van der Waals surface area contributed by atoms with Crippen molar-refractivity contribution in [3.63, 3.8) is 0 Å². The molecule has 2 aromatic carbocycles. The SMILES string of the molecule is O=C(Cc1ccccc1F)Nc1ccc2c(c1)CCCN2. The molecule has 0 fully saturated rings. The van der Waals surface area contributed by atoms with Crippen molar-refractivity contribution in [3.05, 3.63) is 59.4 Å². The summed E-state index contributed by atoms with van der Waals surface area (Å²) in [4.78, 5) is 12.0. The number of fused-ring (bicyclic) bond motifs is 1. The Hall–Kier alpha value is -2.36. The predicted molar refractivity (Wildman–Crippen MR) is 82.0 cm³/mol. The molecule has 0 radical (unpaired) electrons. The third kappa shape index (κ3) is 3.21. The van der Waals surface area contributed by atoms with Gasteiger partial charge in [-0.25, -0.2) is 4.39 Å². The summed E-state index contributed by atoms with van der Waals surface area (Å²) in [6.45, 7) is 0.992. The number of halogens is 1. The Kier molecular flexibility index (Phi) is 3.86. The molecule has 0 unspecified atom stereocenters. The number of carbonyl (C=O) groups is 1. The number of amides is 1. The Bertz CT molecular complexity index is 670. The molecule has 0 atom stereocenters. The van der Waals surface area contributed by atoms with Crippen LogP contribution in [0.3, 0.4) is 0 Å². The maximum absolute atomic E-state index is 13.5. The highest BCUT2D eigenvalue weighted by Gasteiger charge is 2.11. The molecule has 3 nitrogen and oxygen atoms in total. The minimum absolute atomic E-state index is 0.0437. The topological polar surface area (TPSA) is 41.1 Å². The van der Waals surface area contributed by atoms with E-state index < -0.39 is 0 Å². The number of benzene rings is 2. The van der Waals surface area contributed by atoms with E-state index in [1.807, 2.05) is 18.2 Å². The van der Waals surface area contributed by atoms with E-state index in [9.17, 15) is 9.18 Å². The number of hydrogen-bond acceptors (Lipinski definition) is 2. The highest BCUT2D eigenvalue weighted by atomic mass is 19.1. The Morgan fingerprint density at radius 3 is 2.95 bits per heavy atom. The fourth-order valence-electron chi connectivity index (χ4n) is 2.57. The summed E-state index contributed by atoms with van der Waals surface area (Å²) in [5.74, 6) is -0.550. The first kappa shape index (κ1) is 13.6. The molecule has 1 heterocycles. The highest BCUT2D eigenvalue weighted by molar-refractivity contribution is 5.92. The van der Waals surface area contributed by atoms with E-state index in [2.05, 4.69) is 10.6 Å². The molecular formula is C17H17FN2O. The van der Waals surface area contributed by atoms with Crippen LogP contribution in [0.25, 0.3) is 0 Å². The van der Waals surface area contributed by atoms with Crippen molar-refractivity contribution in [3.8, 4) is 0 Å². The molecule has 21 heavy (non-hydrogen) atoms. The number of nitrogens with one attached hydrogen (secondary N) is 2. The summed E-state index contributed by atoms with van der Waals surface area (Å²) < 4.78 is 13.5. The Morgan fingerprint density at radius 2 is 2.10 bits per heavy atom. The summed E-state index contributed by atoms with van der Waals surface area (Å²) in [6.07, 6.45) is 2.15. The molecule has 3 rings (SSSR count). The van der Waals surface area contributed by atoms with Gasteiger partial charge in [-0.2, -0.15) is 0 Å². The fourth-order valence-corrected chi connectivity index (χ4v) is 2.57. The zero-order valence-electron chi connectivity index (χ0n) is 11.7. The van der Waals surface area contributed by atoms with Crippen molar-refractivity contribution < 1.29 is 9.18 Å². The third-order valence-electron chi connectivity index (χ3n) is 3.64. The molecule has 2 N–H and O–H groups in total. The molecule has 1 amide bonds. The van der Waals surface area contributed by atoms with E-state index in [-0.39, 0.29) is 18.1 Å². The van der Waals surface area contributed by atoms with Gasteiger partial charge in [0.05, 0.1) is 6.42 Å². The van der Waals surface area contributed by atoms with E-state index >= 15 is 0 Å². The predicted octanol–water partition coefficient (Wildman–Crippen LogP) is 3.37. The standard InChI is InChI=1S/C17H17FN2O/c18-15-6-2-1-4-12(15)11-17(21)20-14-7-8-16-13(10-14)5-3-9-19-16/h1-2,4,6-8,10,19H,3,5,9,11H2,(H,20,21). The maximum atomic E-state index is 13.5. The van der Waals surface area contributed by atoms with Gasteiger partial charge in [0, 0.05) is 17.9 Å². The molecule has 0 spiro atoms. The van der Waals surface area contributed by atoms with Gasteiger partial charge in [-0.3, -0.25) is 4.79 Å². The van der Waals surface area contributed by atoms with Crippen LogP contribution in [0.4, 0.5) is 15.8 Å². The molecule has 2 aromatic rings. The second-order valence-electron chi connectivity index (χ2n) is 5.22. The minimum Gasteiger partial charge on any atom is -0.385 e. The first-order chi connectivity index (χ1) is 10.2. The Balaban J connectivity index is 1.69. The summed E-state index contributed by atoms with van der Waals surface area (Å²) in [5, 5.41) is 6.16. The Morgan fingerprint density at radius 1 is 1.24 bits per heavy atom. The quantitative estimate of drug-likeness (QED) is 0.907. The molecule has 0 bridgehead atoms. The van der Waals surface area contributed by atoms with Gasteiger partial charge < -0.3 is 10.6 Å². The normalized spacial score (nSPS) is 13.2. The van der Waals surface area contributed by atoms with E-state index in [0.29, 0.717) is 5.56 Å². The summed E-state index contributed by atoms with van der Waals surface area (Å²) in [6, 6.07) is 12.2. The van der Waals surface area contributed by atoms with Crippen molar-refractivity contribution in [2.45, 2.75) is 19.3 Å². The van der Waals surface area contributed by atoms with Crippen LogP contribution in [-0.2, 0) is 17.6 Å². The van der Waals surface area contributed by atoms with Gasteiger partial charge in [0.1, 0.15) is 5.82 Å². The van der Waals surface area contributed by atoms with Crippen LogP contribution in [0.15, 0.2) is 42.5 Å². The van der Waals surface area contributed by atoms with Gasteiger partial charge >= 0.3 is 0 Å². The van der Waals surface area contributed by atoms with Crippen LogP contribution in [0.1, 0.15) is 17.5 Å². The molecule has 0 aliphatic carbocycles. The lowest BCUT2D eigenvalue weighted by molar-refractivity contribution is -0.115. The average Bonchev–Trinajstić information content (AvgIpc) is 2.49. The Labute approximate surface area is 123 Å². The van der Waals surface area contributed by atoms with E-state index in [1.165, 1.54) is 11.6 Å². The van der Waals surface area contributed by atoms with Gasteiger partial charge in [-0.15, -0.1) is 0 Å². The van der Waals surface area contributed by atoms with Crippen molar-refractivity contribution >= 4 is 17.3 Å². The van der Waals surface area contributed by atoms with Crippen molar-refractivity contribution in [2.24, 2.45) is 0 Å². The van der Waals surface area contributed by atoms with Crippen LogP contribution in [0.5, 0.6) is 0 Å². The molecule has 0 aromatic heterocycles. The zero-order chi connectivity index (χ0) is 14.7. The van der Waals surface area contributed by atoms with E-state index in [4.69, 9.17) is 0 Å². The van der Waals surface area contributed by atoms with Crippen LogP contribution in [0, 0.1) is 5.82 Å². The van der Waals surface area contributed by atoms with Gasteiger partial charge in [0.25, 0.3) is 0 Å². The number of rotatable bonds is 3. The third-order valence-corrected chi connectivity index (χ3v) is 3.64. The molecular weight excluding hydrogens is 267 g/mol. The molecule has 0 saturated heterocycles. The molecule has 4 heteroatoms. The highest BCUT2D eigenvalue weighted by Crippen LogP contribution is 2.25. The summed E-state index contributed by atoms with van der Waals surface area (Å²) in [7, 11) is 0. The summed E-state index contributed by atoms with van der Waals surface area (Å²) >= 11 is 0. The van der Waals surface area contributed by atoms with Gasteiger partial charge in [0.2, 0.25) is 5.91 Å². The molecule has 0 saturated carbocycles. The van der Waals surface area contributed by atoms with Gasteiger partial charge in [0.15, 0.2) is 0 Å². The maximum Gasteiger partial charge on any atom is 0.228 e. The van der Waals surface area contributed by atoms with Crippen LogP contribution < -0.4 is 10.6 Å². The summed E-state index contributed by atoms with van der Waals surface area (Å²) in [5.41, 5.74) is 3.52. The first-order valence-electron chi connectivity index (χ1n) is 7.12. The number of anilines is 2. The number of hydrogen-bond donors (Lipinski definition) is 2. The van der Waals surface area contributed by atoms with Gasteiger partial charge in [-0.05, 0) is 48.2 Å². The average molecular weight is 284 g/mol. The lowest BCUT2D eigenvalue weighted by Gasteiger charge is -2.18. The van der Waals surface area contributed by atoms with Gasteiger partial charge in [-0.1, -0.05) is 18.2 Å². The minimum atomic E-state index is -0.345. The molecule has 1 aliphatic rings. The second kappa shape index (κ2) is 5.95. The molecule has 1 aliphatic heterocycles. The fraction of sp³-hybridized carbons (Fsp3) is 0.235. The number of carbonyl (C=O) groups excluding carboxylic acids is 1. The van der Waals surface area contributed by atoms with E-state index in [1.54, 1.807) is 18.2 Å². The van der Waals surface area contributed by atoms with Crippen LogP contribution in [0.2, 0.25) is 0 Å². The van der Waals surface area contributed by atoms with Crippen LogP contribution in [-0.4, -0.2) is 12.5 Å². The monoisotopic (exact) mass is 284 g/mol. The molecule has 108 valence electrons. The number of aryl methyl sites for hydroxylation is 1. The smallest absolute Gasteiger partial charge is 0.228 e. The van der Waals surface area contributed by atoms with Crippen LogP contribution >= 0.6 is 0 Å². The van der Waals surface area contributed by atoms with Crippen molar-refractivity contribution in [2.75, 3.05) is 17.2 Å². The van der Waals surface area contributed by atoms with Crippen molar-refractivity contribution in [1.29, 1.82) is 0 Å². The largest absolute Gasteiger partial charge is 0.385 e. The second-order valence-corrected chi connectivity index (χ2v) is 5.22. The lowest BCUT2D eigenvalue weighted by atomic mass is 10.0. The van der Waals surface area contributed by atoms with Crippen molar-refractivity contribution in [1.82, 2.24) is 0 Å². The first-order valence-corrected chi connectivity index (χ1v) is 7.12. The lowest BCUT2D eigenvalue weighted by Crippen LogP contribution is -2.16. The van der Waals surface area contributed by atoms with E-state index in [0.717, 1.165) is 30.8 Å².